The van der Waals surface area contributed by atoms with Crippen molar-refractivity contribution in [3.8, 4) is 0 Å². The first-order valence-electron chi connectivity index (χ1n) is 5.75. The van der Waals surface area contributed by atoms with Gasteiger partial charge in [-0.15, -0.1) is 0 Å². The molecule has 0 spiro atoms. The molecule has 0 atom stereocenters. The normalized spacial score (nSPS) is 12.0. The van der Waals surface area contributed by atoms with Crippen molar-refractivity contribution in [1.82, 2.24) is 10.3 Å². The number of nitrogens with zero attached hydrogens (tertiary/aromatic N) is 1. The summed E-state index contributed by atoms with van der Waals surface area (Å²) in [7, 11) is -2.94. The molecule has 4 nitrogen and oxygen atoms in total. The molecule has 0 aromatic carbocycles. The van der Waals surface area contributed by atoms with Gasteiger partial charge in [0.05, 0.1) is 11.0 Å². The van der Waals surface area contributed by atoms with Crippen molar-refractivity contribution < 1.29 is 8.42 Å². The van der Waals surface area contributed by atoms with Crippen LogP contribution in [0.2, 0.25) is 0 Å². The molecule has 0 radical (unpaired) electrons. The number of aryl methyl sites for hydroxylation is 1. The van der Waals surface area contributed by atoms with E-state index in [1.165, 1.54) is 0 Å². The van der Waals surface area contributed by atoms with Gasteiger partial charge in [-0.05, 0) is 38.0 Å². The molecule has 0 aliphatic rings. The van der Waals surface area contributed by atoms with E-state index < -0.39 is 9.84 Å². The number of hydrogen-bond donors (Lipinski definition) is 1. The maximum absolute atomic E-state index is 11.6. The molecule has 17 heavy (non-hydrogen) atoms. The van der Waals surface area contributed by atoms with E-state index in [2.05, 4.69) is 10.3 Å². The largest absolute Gasteiger partial charge is 0.312 e. The van der Waals surface area contributed by atoms with Crippen LogP contribution in [0.15, 0.2) is 18.5 Å². The van der Waals surface area contributed by atoms with E-state index in [0.29, 0.717) is 13.1 Å². The number of sulfone groups is 1. The highest BCUT2D eigenvalue weighted by Crippen LogP contribution is 2.04. The first-order valence-corrected chi connectivity index (χ1v) is 7.47. The van der Waals surface area contributed by atoms with Crippen LogP contribution in [0.1, 0.15) is 25.0 Å². The van der Waals surface area contributed by atoms with Crippen LogP contribution in [0.4, 0.5) is 0 Å². The second-order valence-electron chi connectivity index (χ2n) is 4.39. The quantitative estimate of drug-likeness (QED) is 0.780. The predicted molar refractivity (Wildman–Crippen MR) is 69.6 cm³/mol. The topological polar surface area (TPSA) is 59.1 Å². The number of rotatable bonds is 6. The second-order valence-corrected chi connectivity index (χ2v) is 7.07. The van der Waals surface area contributed by atoms with Crippen LogP contribution in [-0.4, -0.2) is 30.9 Å². The monoisotopic (exact) mass is 256 g/mol. The van der Waals surface area contributed by atoms with Gasteiger partial charge in [-0.3, -0.25) is 4.98 Å². The summed E-state index contributed by atoms with van der Waals surface area (Å²) in [6, 6.07) is 1.94. The molecular formula is C12H20N2O2S. The molecule has 0 fully saturated rings. The summed E-state index contributed by atoms with van der Waals surface area (Å²) in [5.74, 6) is 0.189. The fraction of sp³-hybridized carbons (Fsp3) is 0.583. The maximum atomic E-state index is 11.6. The van der Waals surface area contributed by atoms with Crippen molar-refractivity contribution in [1.29, 1.82) is 0 Å². The lowest BCUT2D eigenvalue weighted by molar-refractivity contribution is 0.582. The Labute approximate surface area is 103 Å². The molecule has 1 aromatic heterocycles. The Morgan fingerprint density at radius 1 is 1.41 bits per heavy atom. The minimum Gasteiger partial charge on any atom is -0.312 e. The Bertz CT molecular complexity index is 455. The highest BCUT2D eigenvalue weighted by molar-refractivity contribution is 7.92. The smallest absolute Gasteiger partial charge is 0.153 e. The van der Waals surface area contributed by atoms with Gasteiger partial charge in [0, 0.05) is 25.5 Å². The van der Waals surface area contributed by atoms with Gasteiger partial charge in [-0.2, -0.15) is 0 Å². The van der Waals surface area contributed by atoms with Gasteiger partial charge in [0.15, 0.2) is 9.84 Å². The summed E-state index contributed by atoms with van der Waals surface area (Å²) in [5.41, 5.74) is 2.27. The summed E-state index contributed by atoms with van der Waals surface area (Å²) in [6.07, 6.45) is 3.55. The summed E-state index contributed by atoms with van der Waals surface area (Å²) >= 11 is 0. The van der Waals surface area contributed by atoms with Gasteiger partial charge < -0.3 is 5.32 Å². The van der Waals surface area contributed by atoms with Crippen LogP contribution in [0.25, 0.3) is 0 Å². The summed E-state index contributed by atoms with van der Waals surface area (Å²) < 4.78 is 23.1. The van der Waals surface area contributed by atoms with E-state index in [-0.39, 0.29) is 11.0 Å². The lowest BCUT2D eigenvalue weighted by atomic mass is 10.1. The van der Waals surface area contributed by atoms with Crippen LogP contribution in [0.3, 0.4) is 0 Å². The molecule has 1 rings (SSSR count). The molecule has 0 amide bonds. The molecule has 0 bridgehead atoms. The molecule has 0 aliphatic heterocycles. The van der Waals surface area contributed by atoms with Crippen LogP contribution in [-0.2, 0) is 16.4 Å². The summed E-state index contributed by atoms with van der Waals surface area (Å²) in [4.78, 5) is 4.01. The Morgan fingerprint density at radius 2 is 2.12 bits per heavy atom. The molecule has 1 aromatic rings. The van der Waals surface area contributed by atoms with Crippen molar-refractivity contribution in [3.05, 3.63) is 29.6 Å². The molecule has 0 saturated heterocycles. The summed E-state index contributed by atoms with van der Waals surface area (Å²) in [5, 5.41) is 2.85. The Hall–Kier alpha value is -0.940. The number of nitrogens with one attached hydrogen (secondary N) is 1. The van der Waals surface area contributed by atoms with E-state index in [4.69, 9.17) is 0 Å². The average Bonchev–Trinajstić information content (AvgIpc) is 2.26. The van der Waals surface area contributed by atoms with Crippen molar-refractivity contribution >= 4 is 9.84 Å². The van der Waals surface area contributed by atoms with E-state index in [9.17, 15) is 8.42 Å². The number of aromatic nitrogens is 1. The van der Waals surface area contributed by atoms with Crippen molar-refractivity contribution in [3.63, 3.8) is 0 Å². The number of hydrogen-bond acceptors (Lipinski definition) is 4. The van der Waals surface area contributed by atoms with E-state index in [0.717, 1.165) is 11.1 Å². The van der Waals surface area contributed by atoms with Gasteiger partial charge in [0.25, 0.3) is 0 Å². The first-order chi connectivity index (χ1) is 7.93. The Balaban J connectivity index is 2.38. The van der Waals surface area contributed by atoms with Gasteiger partial charge in [-0.1, -0.05) is 0 Å². The molecule has 1 N–H and O–H groups in total. The molecule has 0 unspecified atom stereocenters. The zero-order valence-corrected chi connectivity index (χ0v) is 11.4. The lowest BCUT2D eigenvalue weighted by Gasteiger charge is -2.09. The third-order valence-corrected chi connectivity index (χ3v) is 4.94. The van der Waals surface area contributed by atoms with Crippen LogP contribution >= 0.6 is 0 Å². The molecule has 96 valence electrons. The molecule has 0 aliphatic carbocycles. The fourth-order valence-electron chi connectivity index (χ4n) is 1.37. The van der Waals surface area contributed by atoms with Gasteiger partial charge >= 0.3 is 0 Å². The lowest BCUT2D eigenvalue weighted by Crippen LogP contribution is -2.27. The molecule has 5 heteroatoms. The molecule has 0 saturated carbocycles. The average molecular weight is 256 g/mol. The van der Waals surface area contributed by atoms with Gasteiger partial charge in [0.2, 0.25) is 0 Å². The highest BCUT2D eigenvalue weighted by Gasteiger charge is 2.14. The summed E-state index contributed by atoms with van der Waals surface area (Å²) in [6.45, 7) is 6.59. The fourth-order valence-corrected chi connectivity index (χ4v) is 2.27. The zero-order valence-electron chi connectivity index (χ0n) is 10.6. The third kappa shape index (κ3) is 4.44. The van der Waals surface area contributed by atoms with Crippen LogP contribution < -0.4 is 5.32 Å². The standard InChI is InChI=1S/C12H20N2O2S/c1-10(2)17(15,16)7-6-14-9-12-4-5-13-8-11(12)3/h4-5,8,10,14H,6-7,9H2,1-3H3. The highest BCUT2D eigenvalue weighted by atomic mass is 32.2. The maximum Gasteiger partial charge on any atom is 0.153 e. The third-order valence-electron chi connectivity index (χ3n) is 2.73. The first kappa shape index (κ1) is 14.1. The van der Waals surface area contributed by atoms with E-state index >= 15 is 0 Å². The van der Waals surface area contributed by atoms with Crippen molar-refractivity contribution in [2.45, 2.75) is 32.6 Å². The minimum absolute atomic E-state index is 0.189. The minimum atomic E-state index is -2.94. The van der Waals surface area contributed by atoms with Gasteiger partial charge in [-0.25, -0.2) is 8.42 Å². The number of pyridine rings is 1. The van der Waals surface area contributed by atoms with Gasteiger partial charge in [0.1, 0.15) is 0 Å². The zero-order chi connectivity index (χ0) is 12.9. The molecule has 1 heterocycles. The SMILES string of the molecule is Cc1cnccc1CNCCS(=O)(=O)C(C)C. The second kappa shape index (κ2) is 6.12. The van der Waals surface area contributed by atoms with Crippen molar-refractivity contribution in [2.24, 2.45) is 0 Å². The van der Waals surface area contributed by atoms with Crippen LogP contribution in [0, 0.1) is 6.92 Å². The molecular weight excluding hydrogens is 236 g/mol. The van der Waals surface area contributed by atoms with E-state index in [1.807, 2.05) is 19.2 Å². The Kier molecular flexibility index (Phi) is 5.08. The van der Waals surface area contributed by atoms with Crippen LogP contribution in [0.5, 0.6) is 0 Å². The Morgan fingerprint density at radius 3 is 2.71 bits per heavy atom. The van der Waals surface area contributed by atoms with E-state index in [1.54, 1.807) is 20.0 Å². The predicted octanol–water partition coefficient (Wildman–Crippen LogP) is 1.30. The van der Waals surface area contributed by atoms with Crippen molar-refractivity contribution in [2.75, 3.05) is 12.3 Å².